The number of primary amides is 1. The van der Waals surface area contributed by atoms with Crippen LogP contribution in [0.2, 0.25) is 0 Å². The van der Waals surface area contributed by atoms with Gasteiger partial charge < -0.3 is 21.1 Å². The van der Waals surface area contributed by atoms with Gasteiger partial charge in [0.2, 0.25) is 5.91 Å². The second kappa shape index (κ2) is 5.64. The summed E-state index contributed by atoms with van der Waals surface area (Å²) in [5.41, 5.74) is 6.92. The Morgan fingerprint density at radius 2 is 2.10 bits per heavy atom. The van der Waals surface area contributed by atoms with Crippen molar-refractivity contribution in [2.75, 3.05) is 6.61 Å². The molecule has 0 aromatic heterocycles. The van der Waals surface area contributed by atoms with E-state index in [1.807, 2.05) is 19.1 Å². The maximum atomic E-state index is 11.7. The van der Waals surface area contributed by atoms with Crippen molar-refractivity contribution in [1.82, 2.24) is 10.6 Å². The average molecular weight is 275 g/mol. The van der Waals surface area contributed by atoms with Gasteiger partial charge >= 0.3 is 6.03 Å². The van der Waals surface area contributed by atoms with Gasteiger partial charge in [0.1, 0.15) is 5.75 Å². The SMILES string of the molecule is CCOc1ccccc1[C@@H]1NC(=O)NC(C)=C1C(N)=O. The van der Waals surface area contributed by atoms with Gasteiger partial charge in [0, 0.05) is 11.3 Å². The molecule has 0 bridgehead atoms. The van der Waals surface area contributed by atoms with Crippen molar-refractivity contribution in [1.29, 1.82) is 0 Å². The molecule has 0 spiro atoms. The van der Waals surface area contributed by atoms with Crippen molar-refractivity contribution >= 4 is 11.9 Å². The number of amides is 3. The zero-order valence-corrected chi connectivity index (χ0v) is 11.4. The summed E-state index contributed by atoms with van der Waals surface area (Å²) >= 11 is 0. The molecule has 6 nitrogen and oxygen atoms in total. The highest BCUT2D eigenvalue weighted by atomic mass is 16.5. The lowest BCUT2D eigenvalue weighted by Crippen LogP contribution is -2.46. The van der Waals surface area contributed by atoms with Gasteiger partial charge in [0.15, 0.2) is 0 Å². The Labute approximate surface area is 117 Å². The van der Waals surface area contributed by atoms with Crippen LogP contribution in [0, 0.1) is 0 Å². The van der Waals surface area contributed by atoms with Crippen LogP contribution in [-0.4, -0.2) is 18.5 Å². The molecule has 1 aromatic carbocycles. The average Bonchev–Trinajstić information content (AvgIpc) is 2.38. The van der Waals surface area contributed by atoms with Crippen LogP contribution >= 0.6 is 0 Å². The van der Waals surface area contributed by atoms with E-state index in [0.29, 0.717) is 29.2 Å². The summed E-state index contributed by atoms with van der Waals surface area (Å²) in [4.78, 5) is 23.3. The Morgan fingerprint density at radius 1 is 1.40 bits per heavy atom. The third-order valence-electron chi connectivity index (χ3n) is 3.06. The zero-order chi connectivity index (χ0) is 14.7. The first-order valence-electron chi connectivity index (χ1n) is 6.34. The lowest BCUT2D eigenvalue weighted by atomic mass is 9.94. The normalized spacial score (nSPS) is 18.3. The van der Waals surface area contributed by atoms with Crippen molar-refractivity contribution in [3.8, 4) is 5.75 Å². The van der Waals surface area contributed by atoms with E-state index < -0.39 is 11.9 Å². The number of hydrogen-bond donors (Lipinski definition) is 3. The standard InChI is InChI=1S/C14H17N3O3/c1-3-20-10-7-5-4-6-9(10)12-11(13(15)18)8(2)16-14(19)17-12/h4-7,12H,3H2,1-2H3,(H2,15,18)(H2,16,17,19)/t12-/m0/s1. The predicted molar refractivity (Wildman–Crippen MR) is 73.9 cm³/mol. The molecule has 1 aliphatic heterocycles. The van der Waals surface area contributed by atoms with Crippen molar-refractivity contribution in [2.24, 2.45) is 5.73 Å². The number of nitrogens with two attached hydrogens (primary N) is 1. The number of allylic oxidation sites excluding steroid dienone is 1. The minimum Gasteiger partial charge on any atom is -0.494 e. The number of carbonyl (C=O) groups is 2. The summed E-state index contributed by atoms with van der Waals surface area (Å²) in [7, 11) is 0. The minimum atomic E-state index is -0.607. The van der Waals surface area contributed by atoms with Gasteiger partial charge in [-0.2, -0.15) is 0 Å². The topological polar surface area (TPSA) is 93.4 Å². The lowest BCUT2D eigenvalue weighted by molar-refractivity contribution is -0.115. The van der Waals surface area contributed by atoms with Gasteiger partial charge in [0.25, 0.3) is 0 Å². The molecule has 0 saturated carbocycles. The largest absolute Gasteiger partial charge is 0.494 e. The van der Waals surface area contributed by atoms with E-state index >= 15 is 0 Å². The second-order valence-electron chi connectivity index (χ2n) is 4.41. The Kier molecular flexibility index (Phi) is 3.93. The maximum Gasteiger partial charge on any atom is 0.319 e. The summed E-state index contributed by atoms with van der Waals surface area (Å²) in [6.45, 7) is 4.01. The molecule has 0 unspecified atom stereocenters. The zero-order valence-electron chi connectivity index (χ0n) is 11.4. The molecule has 0 fully saturated rings. The number of urea groups is 1. The van der Waals surface area contributed by atoms with E-state index in [0.717, 1.165) is 0 Å². The van der Waals surface area contributed by atoms with Gasteiger partial charge in [0.05, 0.1) is 18.2 Å². The van der Waals surface area contributed by atoms with Crippen molar-refractivity contribution in [3.63, 3.8) is 0 Å². The van der Waals surface area contributed by atoms with Crippen LogP contribution in [0.1, 0.15) is 25.5 Å². The number of nitrogens with one attached hydrogen (secondary N) is 2. The van der Waals surface area contributed by atoms with Gasteiger partial charge in [-0.25, -0.2) is 4.79 Å². The van der Waals surface area contributed by atoms with Crippen LogP contribution in [-0.2, 0) is 4.79 Å². The molecule has 106 valence electrons. The second-order valence-corrected chi connectivity index (χ2v) is 4.41. The first-order valence-corrected chi connectivity index (χ1v) is 6.34. The van der Waals surface area contributed by atoms with Gasteiger partial charge in [-0.05, 0) is 19.9 Å². The molecular weight excluding hydrogens is 258 g/mol. The molecule has 1 aliphatic rings. The van der Waals surface area contributed by atoms with Crippen LogP contribution in [0.4, 0.5) is 4.79 Å². The van der Waals surface area contributed by atoms with E-state index in [1.54, 1.807) is 19.1 Å². The Hall–Kier alpha value is -2.50. The van der Waals surface area contributed by atoms with E-state index in [1.165, 1.54) is 0 Å². The van der Waals surface area contributed by atoms with Crippen LogP contribution in [0.25, 0.3) is 0 Å². The van der Waals surface area contributed by atoms with Crippen LogP contribution in [0.3, 0.4) is 0 Å². The van der Waals surface area contributed by atoms with Crippen LogP contribution in [0.5, 0.6) is 5.75 Å². The number of para-hydroxylation sites is 1. The monoisotopic (exact) mass is 275 g/mol. The third kappa shape index (κ3) is 2.59. The summed E-state index contributed by atoms with van der Waals surface area (Å²) in [6.07, 6.45) is 0. The van der Waals surface area contributed by atoms with Crippen LogP contribution < -0.4 is 21.1 Å². The molecule has 20 heavy (non-hydrogen) atoms. The number of benzene rings is 1. The molecule has 1 atom stereocenters. The predicted octanol–water partition coefficient (Wildman–Crippen LogP) is 1.20. The minimum absolute atomic E-state index is 0.330. The summed E-state index contributed by atoms with van der Waals surface area (Å²) in [5.74, 6) is 0.0417. The summed E-state index contributed by atoms with van der Waals surface area (Å²) < 4.78 is 5.54. The highest BCUT2D eigenvalue weighted by Crippen LogP contribution is 2.32. The molecule has 0 saturated heterocycles. The molecule has 3 amide bonds. The number of ether oxygens (including phenoxy) is 1. The Balaban J connectivity index is 2.51. The fourth-order valence-electron chi connectivity index (χ4n) is 2.26. The first kappa shape index (κ1) is 13.9. The fraction of sp³-hybridized carbons (Fsp3) is 0.286. The van der Waals surface area contributed by atoms with E-state index in [9.17, 15) is 9.59 Å². The number of hydrogen-bond acceptors (Lipinski definition) is 3. The molecule has 0 aliphatic carbocycles. The highest BCUT2D eigenvalue weighted by molar-refractivity contribution is 5.97. The maximum absolute atomic E-state index is 11.7. The summed E-state index contributed by atoms with van der Waals surface area (Å²) in [6, 6.07) is 6.27. The summed E-state index contributed by atoms with van der Waals surface area (Å²) in [5, 5.41) is 5.25. The molecule has 2 rings (SSSR count). The smallest absolute Gasteiger partial charge is 0.319 e. The Bertz CT molecular complexity index is 581. The van der Waals surface area contributed by atoms with Crippen LogP contribution in [0.15, 0.2) is 35.5 Å². The molecule has 6 heteroatoms. The molecule has 0 radical (unpaired) electrons. The number of rotatable bonds is 4. The fourth-order valence-corrected chi connectivity index (χ4v) is 2.26. The van der Waals surface area contributed by atoms with Gasteiger partial charge in [-0.15, -0.1) is 0 Å². The Morgan fingerprint density at radius 3 is 2.75 bits per heavy atom. The van der Waals surface area contributed by atoms with Crippen molar-refractivity contribution in [2.45, 2.75) is 19.9 Å². The number of carbonyl (C=O) groups excluding carboxylic acids is 2. The van der Waals surface area contributed by atoms with E-state index in [2.05, 4.69) is 10.6 Å². The highest BCUT2D eigenvalue weighted by Gasteiger charge is 2.31. The quantitative estimate of drug-likeness (QED) is 0.770. The van der Waals surface area contributed by atoms with Crippen molar-refractivity contribution < 1.29 is 14.3 Å². The van der Waals surface area contributed by atoms with Gasteiger partial charge in [-0.3, -0.25) is 4.79 Å². The molecule has 1 aromatic rings. The molecular formula is C14H17N3O3. The lowest BCUT2D eigenvalue weighted by Gasteiger charge is -2.28. The van der Waals surface area contributed by atoms with E-state index in [4.69, 9.17) is 10.5 Å². The first-order chi connectivity index (χ1) is 9.54. The van der Waals surface area contributed by atoms with E-state index in [-0.39, 0.29) is 6.03 Å². The van der Waals surface area contributed by atoms with Crippen molar-refractivity contribution in [3.05, 3.63) is 41.1 Å². The molecule has 1 heterocycles. The third-order valence-corrected chi connectivity index (χ3v) is 3.06. The van der Waals surface area contributed by atoms with Gasteiger partial charge in [-0.1, -0.05) is 18.2 Å². The molecule has 4 N–H and O–H groups in total.